The third-order valence-corrected chi connectivity index (χ3v) is 5.18. The molecule has 0 atom stereocenters. The average Bonchev–Trinajstić information content (AvgIpc) is 2.91. The molecule has 0 radical (unpaired) electrons. The summed E-state index contributed by atoms with van der Waals surface area (Å²) in [7, 11) is 0. The van der Waals surface area contributed by atoms with Crippen LogP contribution in [-0.2, 0) is 12.1 Å². The van der Waals surface area contributed by atoms with Crippen LogP contribution in [0, 0.1) is 13.8 Å². The highest BCUT2D eigenvalue weighted by Gasteiger charge is 2.37. The van der Waals surface area contributed by atoms with Gasteiger partial charge in [-0.25, -0.2) is 4.98 Å². The quantitative estimate of drug-likeness (QED) is 0.937. The van der Waals surface area contributed by atoms with Gasteiger partial charge >= 0.3 is 0 Å². The molecular weight excluding hydrogens is 256 g/mol. The Kier molecular flexibility index (Phi) is 2.98. The van der Waals surface area contributed by atoms with Crippen LogP contribution in [0.2, 0.25) is 0 Å². The van der Waals surface area contributed by atoms with Gasteiger partial charge in [0.2, 0.25) is 0 Å². The van der Waals surface area contributed by atoms with Crippen molar-refractivity contribution >= 4 is 11.3 Å². The molecule has 0 bridgehead atoms. The third-order valence-electron chi connectivity index (χ3n) is 4.11. The van der Waals surface area contributed by atoms with Gasteiger partial charge in [-0.05, 0) is 40.0 Å². The molecular formula is C14H20N4S. The Balaban J connectivity index is 2.01. The second-order valence-electron chi connectivity index (χ2n) is 5.41. The van der Waals surface area contributed by atoms with Gasteiger partial charge < -0.3 is 5.73 Å². The SMILES string of the molecule is CCn1nc(C)c(-c2csc(C3(N)CCC3)n2)c1C. The van der Waals surface area contributed by atoms with Crippen LogP contribution in [0.15, 0.2) is 5.38 Å². The Morgan fingerprint density at radius 1 is 1.42 bits per heavy atom. The number of aromatic nitrogens is 3. The van der Waals surface area contributed by atoms with Crippen LogP contribution >= 0.6 is 11.3 Å². The number of nitrogens with zero attached hydrogens (tertiary/aromatic N) is 3. The standard InChI is InChI=1S/C14H20N4S/c1-4-18-10(3)12(9(2)17-18)11-8-19-13(16-11)14(15)6-5-7-14/h8H,4-7,15H2,1-3H3. The van der Waals surface area contributed by atoms with Crippen LogP contribution in [0.1, 0.15) is 42.6 Å². The predicted molar refractivity (Wildman–Crippen MR) is 78.2 cm³/mol. The molecule has 0 spiro atoms. The molecule has 0 unspecified atom stereocenters. The Labute approximate surface area is 117 Å². The summed E-state index contributed by atoms with van der Waals surface area (Å²) in [6.07, 6.45) is 3.34. The Morgan fingerprint density at radius 2 is 2.16 bits per heavy atom. The first-order valence-corrected chi connectivity index (χ1v) is 7.72. The fraction of sp³-hybridized carbons (Fsp3) is 0.571. The van der Waals surface area contributed by atoms with E-state index in [1.807, 2.05) is 4.68 Å². The second kappa shape index (κ2) is 4.42. The van der Waals surface area contributed by atoms with Crippen molar-refractivity contribution in [3.63, 3.8) is 0 Å². The number of rotatable bonds is 3. The minimum absolute atomic E-state index is 0.161. The van der Waals surface area contributed by atoms with E-state index in [0.717, 1.165) is 35.8 Å². The minimum Gasteiger partial charge on any atom is -0.319 e. The van der Waals surface area contributed by atoms with Crippen molar-refractivity contribution < 1.29 is 0 Å². The fourth-order valence-electron chi connectivity index (χ4n) is 2.76. The predicted octanol–water partition coefficient (Wildman–Crippen LogP) is 2.98. The van der Waals surface area contributed by atoms with Gasteiger partial charge in [0, 0.05) is 23.2 Å². The average molecular weight is 276 g/mol. The first-order chi connectivity index (χ1) is 9.05. The normalized spacial score (nSPS) is 17.5. The fourth-order valence-corrected chi connectivity index (χ4v) is 3.75. The second-order valence-corrected chi connectivity index (χ2v) is 6.27. The first kappa shape index (κ1) is 12.8. The van der Waals surface area contributed by atoms with E-state index in [0.29, 0.717) is 0 Å². The molecule has 4 nitrogen and oxygen atoms in total. The molecule has 1 fully saturated rings. The van der Waals surface area contributed by atoms with Crippen molar-refractivity contribution in [3.05, 3.63) is 21.8 Å². The van der Waals surface area contributed by atoms with Crippen molar-refractivity contribution in [1.82, 2.24) is 14.8 Å². The van der Waals surface area contributed by atoms with Crippen molar-refractivity contribution in [2.75, 3.05) is 0 Å². The van der Waals surface area contributed by atoms with E-state index in [1.165, 1.54) is 17.7 Å². The van der Waals surface area contributed by atoms with Crippen LogP contribution in [0.3, 0.4) is 0 Å². The van der Waals surface area contributed by atoms with Gasteiger partial charge in [-0.2, -0.15) is 5.10 Å². The molecule has 3 rings (SSSR count). The molecule has 5 heteroatoms. The van der Waals surface area contributed by atoms with Crippen molar-refractivity contribution in [3.8, 4) is 11.3 Å². The summed E-state index contributed by atoms with van der Waals surface area (Å²) >= 11 is 1.69. The molecule has 2 heterocycles. The summed E-state index contributed by atoms with van der Waals surface area (Å²) < 4.78 is 2.03. The summed E-state index contributed by atoms with van der Waals surface area (Å²) in [5, 5.41) is 7.77. The zero-order valence-electron chi connectivity index (χ0n) is 11.7. The molecule has 0 amide bonds. The number of aryl methyl sites for hydroxylation is 2. The minimum atomic E-state index is -0.161. The molecule has 0 aromatic carbocycles. The summed E-state index contributed by atoms with van der Waals surface area (Å²) in [4.78, 5) is 4.78. The molecule has 1 saturated carbocycles. The lowest BCUT2D eigenvalue weighted by Gasteiger charge is -2.35. The Bertz CT molecular complexity index is 607. The monoisotopic (exact) mass is 276 g/mol. The molecule has 2 aromatic rings. The summed E-state index contributed by atoms with van der Waals surface area (Å²) in [5.74, 6) is 0. The molecule has 1 aliphatic rings. The van der Waals surface area contributed by atoms with E-state index in [2.05, 4.69) is 31.2 Å². The van der Waals surface area contributed by atoms with Crippen molar-refractivity contribution in [2.45, 2.75) is 52.1 Å². The van der Waals surface area contributed by atoms with E-state index in [9.17, 15) is 0 Å². The molecule has 0 saturated heterocycles. The summed E-state index contributed by atoms with van der Waals surface area (Å²) in [6.45, 7) is 7.16. The lowest BCUT2D eigenvalue weighted by atomic mass is 9.78. The summed E-state index contributed by atoms with van der Waals surface area (Å²) in [5.41, 5.74) is 10.6. The highest BCUT2D eigenvalue weighted by Crippen LogP contribution is 2.41. The molecule has 19 heavy (non-hydrogen) atoms. The highest BCUT2D eigenvalue weighted by atomic mass is 32.1. The number of hydrogen-bond donors (Lipinski definition) is 1. The summed E-state index contributed by atoms with van der Waals surface area (Å²) in [6, 6.07) is 0. The van der Waals surface area contributed by atoms with Gasteiger partial charge in [-0.1, -0.05) is 0 Å². The number of hydrogen-bond acceptors (Lipinski definition) is 4. The molecule has 2 aromatic heterocycles. The van der Waals surface area contributed by atoms with Crippen LogP contribution in [-0.4, -0.2) is 14.8 Å². The van der Waals surface area contributed by atoms with Gasteiger partial charge in [-0.3, -0.25) is 4.68 Å². The maximum atomic E-state index is 6.35. The van der Waals surface area contributed by atoms with Crippen LogP contribution in [0.25, 0.3) is 11.3 Å². The number of thiazole rings is 1. The molecule has 102 valence electrons. The maximum Gasteiger partial charge on any atom is 0.113 e. The van der Waals surface area contributed by atoms with Gasteiger partial charge in [0.15, 0.2) is 0 Å². The van der Waals surface area contributed by atoms with Crippen LogP contribution in [0.4, 0.5) is 0 Å². The van der Waals surface area contributed by atoms with Gasteiger partial charge in [0.25, 0.3) is 0 Å². The van der Waals surface area contributed by atoms with E-state index in [-0.39, 0.29) is 5.54 Å². The highest BCUT2D eigenvalue weighted by molar-refractivity contribution is 7.10. The van der Waals surface area contributed by atoms with E-state index >= 15 is 0 Å². The largest absolute Gasteiger partial charge is 0.319 e. The maximum absolute atomic E-state index is 6.35. The van der Waals surface area contributed by atoms with Crippen molar-refractivity contribution in [1.29, 1.82) is 0 Å². The lowest BCUT2D eigenvalue weighted by molar-refractivity contribution is 0.253. The van der Waals surface area contributed by atoms with Crippen LogP contribution in [0.5, 0.6) is 0 Å². The number of nitrogens with two attached hydrogens (primary N) is 1. The van der Waals surface area contributed by atoms with Crippen LogP contribution < -0.4 is 5.73 Å². The van der Waals surface area contributed by atoms with E-state index < -0.39 is 0 Å². The smallest absolute Gasteiger partial charge is 0.113 e. The molecule has 2 N–H and O–H groups in total. The Hall–Kier alpha value is -1.20. The molecule has 0 aliphatic heterocycles. The zero-order valence-corrected chi connectivity index (χ0v) is 12.5. The lowest BCUT2D eigenvalue weighted by Crippen LogP contribution is -2.43. The zero-order chi connectivity index (χ0) is 13.6. The van der Waals surface area contributed by atoms with E-state index in [4.69, 9.17) is 10.7 Å². The molecule has 1 aliphatic carbocycles. The first-order valence-electron chi connectivity index (χ1n) is 6.84. The van der Waals surface area contributed by atoms with Gasteiger partial charge in [0.05, 0.1) is 16.9 Å². The van der Waals surface area contributed by atoms with E-state index in [1.54, 1.807) is 11.3 Å². The topological polar surface area (TPSA) is 56.7 Å². The van der Waals surface area contributed by atoms with Gasteiger partial charge in [-0.15, -0.1) is 11.3 Å². The van der Waals surface area contributed by atoms with Gasteiger partial charge in [0.1, 0.15) is 5.01 Å². The van der Waals surface area contributed by atoms with Crippen molar-refractivity contribution in [2.24, 2.45) is 5.73 Å². The Morgan fingerprint density at radius 3 is 2.68 bits per heavy atom. The third kappa shape index (κ3) is 1.92.